The Morgan fingerprint density at radius 1 is 0.529 bits per heavy atom. The van der Waals surface area contributed by atoms with Crippen molar-refractivity contribution < 1.29 is 56.7 Å². The van der Waals surface area contributed by atoms with E-state index in [1.54, 1.807) is 0 Å². The Balaban J connectivity index is -0.0000000369. The Morgan fingerprint density at radius 3 is 0.529 bits per heavy atom. The number of carboxylic acids is 4. The van der Waals surface area contributed by atoms with Crippen molar-refractivity contribution in [1.82, 2.24) is 0 Å². The van der Waals surface area contributed by atoms with Gasteiger partial charge in [-0.25, -0.2) is 0 Å². The maximum Gasteiger partial charge on any atom is 0.300 e. The largest absolute Gasteiger partial charge is 0.481 e. The third-order valence-corrected chi connectivity index (χ3v) is 0. The van der Waals surface area contributed by atoms with Crippen LogP contribution in [-0.4, -0.2) is 44.3 Å². The molecule has 0 unspecified atom stereocenters. The van der Waals surface area contributed by atoms with Gasteiger partial charge in [-0.2, -0.15) is 0 Å². The fraction of sp³-hybridized carbons (Fsp3) is 0.500. The minimum atomic E-state index is -0.833. The summed E-state index contributed by atoms with van der Waals surface area (Å²) in [6.45, 7) is 4.33. The normalized spacial score (nSPS) is 5.88. The molecular weight excluding hydrogens is 280 g/mol. The second-order valence-electron chi connectivity index (χ2n) is 2.08. The Kier molecular flexibility index (Phi) is 41.5. The molecule has 0 aromatic carbocycles. The van der Waals surface area contributed by atoms with Gasteiger partial charge in [0.05, 0.1) is 0 Å². The van der Waals surface area contributed by atoms with E-state index < -0.39 is 23.9 Å². The Hall–Kier alpha value is -1.60. The standard InChI is InChI=1S/4C2H4O2.Fe/c4*1-2(3)4;/h4*1H3,(H,3,4);. The number of hydrogen-bond donors (Lipinski definition) is 4. The van der Waals surface area contributed by atoms with Gasteiger partial charge in [0.2, 0.25) is 0 Å². The summed E-state index contributed by atoms with van der Waals surface area (Å²) in [6, 6.07) is 0. The van der Waals surface area contributed by atoms with Crippen molar-refractivity contribution >= 4 is 23.9 Å². The predicted octanol–water partition coefficient (Wildman–Crippen LogP) is 0.361. The molecule has 17 heavy (non-hydrogen) atoms. The van der Waals surface area contributed by atoms with Crippen molar-refractivity contribution in [2.45, 2.75) is 27.7 Å². The van der Waals surface area contributed by atoms with Crippen LogP contribution in [0, 0.1) is 0 Å². The molecule has 0 rings (SSSR count). The molecule has 0 atom stereocenters. The van der Waals surface area contributed by atoms with Crippen LogP contribution in [-0.2, 0) is 36.2 Å². The SMILES string of the molecule is CC(=O)O.CC(=O)O.CC(=O)O.CC(=O)O.[Fe]. The van der Waals surface area contributed by atoms with Gasteiger partial charge in [0.15, 0.2) is 0 Å². The number of hydrogen-bond acceptors (Lipinski definition) is 4. The average Bonchev–Trinajstić information content (AvgIpc) is 1.76. The molecule has 0 saturated carbocycles. The van der Waals surface area contributed by atoms with Crippen molar-refractivity contribution in [3.63, 3.8) is 0 Å². The molecule has 0 spiro atoms. The molecule has 0 heterocycles. The molecule has 8 nitrogen and oxygen atoms in total. The zero-order chi connectivity index (χ0) is 14.3. The van der Waals surface area contributed by atoms with Gasteiger partial charge in [-0.1, -0.05) is 0 Å². The van der Waals surface area contributed by atoms with Crippen molar-refractivity contribution in [3.05, 3.63) is 0 Å². The third kappa shape index (κ3) is 864. The second-order valence-corrected chi connectivity index (χ2v) is 2.08. The van der Waals surface area contributed by atoms with E-state index in [0.29, 0.717) is 0 Å². The fourth-order valence-corrected chi connectivity index (χ4v) is 0. The number of rotatable bonds is 0. The van der Waals surface area contributed by atoms with E-state index in [9.17, 15) is 0 Å². The minimum absolute atomic E-state index is 0. The summed E-state index contributed by atoms with van der Waals surface area (Å²) in [7, 11) is 0. The maximum atomic E-state index is 9.00. The van der Waals surface area contributed by atoms with Crippen LogP contribution >= 0.6 is 0 Å². The van der Waals surface area contributed by atoms with Crippen LogP contribution in [0.25, 0.3) is 0 Å². The van der Waals surface area contributed by atoms with Crippen LogP contribution in [0.3, 0.4) is 0 Å². The first-order valence-electron chi connectivity index (χ1n) is 3.71. The molecule has 9 heteroatoms. The molecule has 0 radical (unpaired) electrons. The summed E-state index contributed by atoms with van der Waals surface area (Å²) < 4.78 is 0. The summed E-state index contributed by atoms with van der Waals surface area (Å²) in [6.07, 6.45) is 0. The smallest absolute Gasteiger partial charge is 0.300 e. The van der Waals surface area contributed by atoms with E-state index in [1.165, 1.54) is 0 Å². The Bertz CT molecular complexity index is 162. The average molecular weight is 296 g/mol. The van der Waals surface area contributed by atoms with Gasteiger partial charge in [0.25, 0.3) is 23.9 Å². The minimum Gasteiger partial charge on any atom is -0.481 e. The zero-order valence-electron chi connectivity index (χ0n) is 9.78. The van der Waals surface area contributed by atoms with Crippen molar-refractivity contribution in [2.75, 3.05) is 0 Å². The van der Waals surface area contributed by atoms with E-state index in [1.807, 2.05) is 0 Å². The fourth-order valence-electron chi connectivity index (χ4n) is 0. The molecule has 0 aromatic heterocycles. The molecule has 0 fully saturated rings. The topological polar surface area (TPSA) is 149 Å². The first kappa shape index (κ1) is 29.5. The third-order valence-electron chi connectivity index (χ3n) is 0. The summed E-state index contributed by atoms with van der Waals surface area (Å²) in [4.78, 5) is 36.0. The van der Waals surface area contributed by atoms with Crippen LogP contribution in [0.1, 0.15) is 27.7 Å². The van der Waals surface area contributed by atoms with Crippen LogP contribution in [0.2, 0.25) is 0 Å². The van der Waals surface area contributed by atoms with E-state index in [4.69, 9.17) is 39.6 Å². The van der Waals surface area contributed by atoms with Gasteiger partial charge in [0.1, 0.15) is 0 Å². The molecule has 0 aliphatic rings. The molecule has 0 aliphatic carbocycles. The van der Waals surface area contributed by atoms with Crippen LogP contribution in [0.5, 0.6) is 0 Å². The van der Waals surface area contributed by atoms with Crippen LogP contribution < -0.4 is 0 Å². The maximum absolute atomic E-state index is 9.00. The van der Waals surface area contributed by atoms with Crippen molar-refractivity contribution in [2.24, 2.45) is 0 Å². The van der Waals surface area contributed by atoms with Crippen LogP contribution in [0.15, 0.2) is 0 Å². The molecule has 0 saturated heterocycles. The van der Waals surface area contributed by atoms with Crippen molar-refractivity contribution in [1.29, 1.82) is 0 Å². The number of aliphatic carboxylic acids is 4. The Morgan fingerprint density at radius 2 is 0.529 bits per heavy atom. The first-order chi connectivity index (χ1) is 6.93. The Labute approximate surface area is 109 Å². The molecule has 0 amide bonds. The predicted molar refractivity (Wildman–Crippen MR) is 53.2 cm³/mol. The number of carbonyl (C=O) groups is 4. The van der Waals surface area contributed by atoms with E-state index in [-0.39, 0.29) is 17.1 Å². The second kappa shape index (κ2) is 23.9. The van der Waals surface area contributed by atoms with Gasteiger partial charge in [-0.15, -0.1) is 0 Å². The quantitative estimate of drug-likeness (QED) is 0.468. The van der Waals surface area contributed by atoms with Gasteiger partial charge in [0, 0.05) is 44.8 Å². The van der Waals surface area contributed by atoms with Crippen LogP contribution in [0.4, 0.5) is 0 Å². The number of carboxylic acid groups (broad SMARTS) is 4. The molecule has 0 bridgehead atoms. The molecule has 104 valence electrons. The molecule has 0 aliphatic heterocycles. The molecular formula is C8H16FeO8. The monoisotopic (exact) mass is 296 g/mol. The summed E-state index contributed by atoms with van der Waals surface area (Å²) >= 11 is 0. The summed E-state index contributed by atoms with van der Waals surface area (Å²) in [5.41, 5.74) is 0. The molecule has 0 aromatic rings. The summed E-state index contributed by atoms with van der Waals surface area (Å²) in [5, 5.41) is 29.7. The van der Waals surface area contributed by atoms with E-state index in [0.717, 1.165) is 27.7 Å². The van der Waals surface area contributed by atoms with Gasteiger partial charge < -0.3 is 20.4 Å². The van der Waals surface area contributed by atoms with E-state index >= 15 is 0 Å². The first-order valence-corrected chi connectivity index (χ1v) is 3.71. The van der Waals surface area contributed by atoms with Gasteiger partial charge in [-0.3, -0.25) is 19.2 Å². The zero-order valence-corrected chi connectivity index (χ0v) is 10.9. The molecule has 4 N–H and O–H groups in total. The van der Waals surface area contributed by atoms with Crippen molar-refractivity contribution in [3.8, 4) is 0 Å². The van der Waals surface area contributed by atoms with Gasteiger partial charge >= 0.3 is 0 Å². The van der Waals surface area contributed by atoms with Gasteiger partial charge in [-0.05, 0) is 0 Å². The summed E-state index contributed by atoms with van der Waals surface area (Å²) in [5.74, 6) is -3.33. The van der Waals surface area contributed by atoms with E-state index in [2.05, 4.69) is 0 Å².